The fourth-order valence-corrected chi connectivity index (χ4v) is 1.92. The van der Waals surface area contributed by atoms with Gasteiger partial charge < -0.3 is 10.2 Å². The molecule has 2 amide bonds. The summed E-state index contributed by atoms with van der Waals surface area (Å²) in [5.41, 5.74) is 0.623. The van der Waals surface area contributed by atoms with Gasteiger partial charge in [-0.15, -0.1) is 0 Å². The summed E-state index contributed by atoms with van der Waals surface area (Å²) < 4.78 is 0. The van der Waals surface area contributed by atoms with Crippen molar-refractivity contribution in [2.24, 2.45) is 0 Å². The first-order valence-electron chi connectivity index (χ1n) is 5.70. The molecule has 0 spiro atoms. The summed E-state index contributed by atoms with van der Waals surface area (Å²) in [7, 11) is 0. The van der Waals surface area contributed by atoms with Crippen LogP contribution < -0.4 is 5.32 Å². The normalized spacial score (nSPS) is 16.6. The fraction of sp³-hybridized carbons (Fsp3) is 0.417. The van der Waals surface area contributed by atoms with Crippen LogP contribution in [-0.4, -0.2) is 41.3 Å². The molecular formula is C12H15N3O2. The molecular weight excluding hydrogens is 218 g/mol. The smallest absolute Gasteiger partial charge is 0.251 e. The van der Waals surface area contributed by atoms with Crippen LogP contribution in [0.3, 0.4) is 0 Å². The first-order valence-corrected chi connectivity index (χ1v) is 5.70. The van der Waals surface area contributed by atoms with E-state index in [-0.39, 0.29) is 11.9 Å². The van der Waals surface area contributed by atoms with Crippen LogP contribution in [0.1, 0.15) is 23.2 Å². The highest BCUT2D eigenvalue weighted by atomic mass is 16.2. The maximum atomic E-state index is 11.8. The van der Waals surface area contributed by atoms with Crippen LogP contribution in [-0.2, 0) is 4.79 Å². The van der Waals surface area contributed by atoms with Crippen molar-refractivity contribution in [1.82, 2.24) is 15.2 Å². The lowest BCUT2D eigenvalue weighted by atomic mass is 10.1. The molecule has 17 heavy (non-hydrogen) atoms. The molecule has 1 aromatic rings. The van der Waals surface area contributed by atoms with E-state index < -0.39 is 0 Å². The predicted molar refractivity (Wildman–Crippen MR) is 62.4 cm³/mol. The largest absolute Gasteiger partial charge is 0.349 e. The van der Waals surface area contributed by atoms with Gasteiger partial charge in [-0.3, -0.25) is 14.6 Å². The van der Waals surface area contributed by atoms with Crippen molar-refractivity contribution in [3.05, 3.63) is 30.1 Å². The highest BCUT2D eigenvalue weighted by Gasteiger charge is 2.19. The number of carbonyl (C=O) groups is 2. The molecule has 0 aliphatic carbocycles. The molecule has 1 fully saturated rings. The zero-order valence-corrected chi connectivity index (χ0v) is 9.50. The molecule has 2 heterocycles. The third-order valence-corrected chi connectivity index (χ3v) is 2.96. The van der Waals surface area contributed by atoms with E-state index in [1.807, 2.05) is 0 Å². The average molecular weight is 233 g/mol. The molecule has 1 aliphatic rings. The van der Waals surface area contributed by atoms with Crippen LogP contribution in [0.15, 0.2) is 24.5 Å². The third kappa shape index (κ3) is 3.03. The number of nitrogens with zero attached hydrogens (tertiary/aromatic N) is 2. The Bertz CT molecular complexity index is 386. The van der Waals surface area contributed by atoms with Crippen LogP contribution in [0.4, 0.5) is 0 Å². The Morgan fingerprint density at radius 3 is 2.59 bits per heavy atom. The summed E-state index contributed by atoms with van der Waals surface area (Å²) in [6.07, 6.45) is 5.69. The van der Waals surface area contributed by atoms with Gasteiger partial charge >= 0.3 is 0 Å². The maximum Gasteiger partial charge on any atom is 0.251 e. The van der Waals surface area contributed by atoms with Gasteiger partial charge in [-0.25, -0.2) is 0 Å². The van der Waals surface area contributed by atoms with Crippen LogP contribution in [0.5, 0.6) is 0 Å². The van der Waals surface area contributed by atoms with Crippen molar-refractivity contribution in [2.45, 2.75) is 18.9 Å². The van der Waals surface area contributed by atoms with E-state index >= 15 is 0 Å². The zero-order chi connectivity index (χ0) is 12.1. The molecule has 1 saturated heterocycles. The second-order valence-electron chi connectivity index (χ2n) is 4.13. The van der Waals surface area contributed by atoms with Gasteiger partial charge in [-0.2, -0.15) is 0 Å². The number of pyridine rings is 1. The van der Waals surface area contributed by atoms with Gasteiger partial charge in [-0.1, -0.05) is 0 Å². The number of aromatic nitrogens is 1. The molecule has 0 radical (unpaired) electrons. The highest BCUT2D eigenvalue weighted by molar-refractivity contribution is 5.94. The third-order valence-electron chi connectivity index (χ3n) is 2.96. The van der Waals surface area contributed by atoms with Gasteiger partial charge in [0.15, 0.2) is 0 Å². The second-order valence-corrected chi connectivity index (χ2v) is 4.13. The number of rotatable bonds is 3. The number of likely N-dealkylation sites (tertiary alicyclic amines) is 1. The van der Waals surface area contributed by atoms with E-state index in [2.05, 4.69) is 10.3 Å². The van der Waals surface area contributed by atoms with E-state index in [0.29, 0.717) is 18.7 Å². The lowest BCUT2D eigenvalue weighted by Crippen LogP contribution is -2.44. The number of hydrogen-bond donors (Lipinski definition) is 1. The van der Waals surface area contributed by atoms with Crippen molar-refractivity contribution in [3.8, 4) is 0 Å². The topological polar surface area (TPSA) is 62.3 Å². The molecule has 5 nitrogen and oxygen atoms in total. The Hall–Kier alpha value is -1.91. The minimum atomic E-state index is -0.0723. The Labute approximate surface area is 99.8 Å². The monoisotopic (exact) mass is 233 g/mol. The SMILES string of the molecule is O=CN1CCC(NC(=O)c2ccncc2)CC1. The van der Waals surface area contributed by atoms with Gasteiger partial charge in [0.25, 0.3) is 5.91 Å². The summed E-state index contributed by atoms with van der Waals surface area (Å²) in [5, 5.41) is 2.97. The van der Waals surface area contributed by atoms with Crippen LogP contribution >= 0.6 is 0 Å². The molecule has 90 valence electrons. The summed E-state index contributed by atoms with van der Waals surface area (Å²) in [5.74, 6) is -0.0723. The molecule has 0 bridgehead atoms. The van der Waals surface area contributed by atoms with Gasteiger partial charge in [0, 0.05) is 37.1 Å². The van der Waals surface area contributed by atoms with Crippen LogP contribution in [0.2, 0.25) is 0 Å². The van der Waals surface area contributed by atoms with Gasteiger partial charge in [0.2, 0.25) is 6.41 Å². The fourth-order valence-electron chi connectivity index (χ4n) is 1.92. The van der Waals surface area contributed by atoms with Crippen molar-refractivity contribution >= 4 is 12.3 Å². The second kappa shape index (κ2) is 5.43. The highest BCUT2D eigenvalue weighted by Crippen LogP contribution is 2.09. The van der Waals surface area contributed by atoms with Gasteiger partial charge in [-0.05, 0) is 25.0 Å². The maximum absolute atomic E-state index is 11.8. The van der Waals surface area contributed by atoms with E-state index in [0.717, 1.165) is 19.3 Å². The van der Waals surface area contributed by atoms with E-state index in [4.69, 9.17) is 0 Å². The van der Waals surface area contributed by atoms with Crippen molar-refractivity contribution in [1.29, 1.82) is 0 Å². The van der Waals surface area contributed by atoms with Crippen molar-refractivity contribution in [3.63, 3.8) is 0 Å². The minimum absolute atomic E-state index is 0.0723. The Balaban J connectivity index is 1.86. The first kappa shape index (κ1) is 11.6. The lowest BCUT2D eigenvalue weighted by molar-refractivity contribution is -0.119. The molecule has 1 aliphatic heterocycles. The quantitative estimate of drug-likeness (QED) is 0.770. The number of nitrogens with one attached hydrogen (secondary N) is 1. The Morgan fingerprint density at radius 1 is 1.35 bits per heavy atom. The van der Waals surface area contributed by atoms with Gasteiger partial charge in [0.1, 0.15) is 0 Å². The Morgan fingerprint density at radius 2 is 2.00 bits per heavy atom. The van der Waals surface area contributed by atoms with Crippen molar-refractivity contribution < 1.29 is 9.59 Å². The lowest BCUT2D eigenvalue weighted by Gasteiger charge is -2.29. The van der Waals surface area contributed by atoms with E-state index in [9.17, 15) is 9.59 Å². The summed E-state index contributed by atoms with van der Waals surface area (Å²) in [6.45, 7) is 1.43. The molecule has 0 aromatic carbocycles. The predicted octanol–water partition coefficient (Wildman–Crippen LogP) is 0.432. The number of carbonyl (C=O) groups excluding carboxylic acids is 2. The number of amides is 2. The first-order chi connectivity index (χ1) is 8.29. The van der Waals surface area contributed by atoms with E-state index in [1.54, 1.807) is 29.4 Å². The number of piperidine rings is 1. The summed E-state index contributed by atoms with van der Waals surface area (Å²) in [4.78, 5) is 28.0. The molecule has 1 N–H and O–H groups in total. The average Bonchev–Trinajstić information content (AvgIpc) is 2.40. The molecule has 0 unspecified atom stereocenters. The molecule has 2 rings (SSSR count). The zero-order valence-electron chi connectivity index (χ0n) is 9.50. The Kier molecular flexibility index (Phi) is 3.69. The van der Waals surface area contributed by atoms with Crippen LogP contribution in [0.25, 0.3) is 0 Å². The van der Waals surface area contributed by atoms with Gasteiger partial charge in [0.05, 0.1) is 0 Å². The number of hydrogen-bond acceptors (Lipinski definition) is 3. The molecule has 1 aromatic heterocycles. The molecule has 5 heteroatoms. The van der Waals surface area contributed by atoms with Crippen molar-refractivity contribution in [2.75, 3.05) is 13.1 Å². The summed E-state index contributed by atoms with van der Waals surface area (Å²) >= 11 is 0. The minimum Gasteiger partial charge on any atom is -0.349 e. The van der Waals surface area contributed by atoms with Crippen LogP contribution in [0, 0.1) is 0 Å². The summed E-state index contributed by atoms with van der Waals surface area (Å²) in [6, 6.07) is 3.54. The standard InChI is InChI=1S/C12H15N3O2/c16-9-15-7-3-11(4-8-15)14-12(17)10-1-5-13-6-2-10/h1-2,5-6,9,11H,3-4,7-8H2,(H,14,17). The molecule has 0 atom stereocenters. The van der Waals surface area contributed by atoms with E-state index in [1.165, 1.54) is 0 Å². The molecule has 0 saturated carbocycles.